The van der Waals surface area contributed by atoms with Crippen LogP contribution in [0.3, 0.4) is 0 Å². The fraction of sp³-hybridized carbons (Fsp3) is 0.529. The Kier molecular flexibility index (Phi) is 8.93. The summed E-state index contributed by atoms with van der Waals surface area (Å²) >= 11 is 0. The third-order valence-electron chi connectivity index (χ3n) is 9.57. The molecule has 2 aliphatic carbocycles. The van der Waals surface area contributed by atoms with Crippen LogP contribution in [-0.2, 0) is 42.8 Å². The molecular weight excluding hydrogens is 614 g/mol. The number of hydrogen-bond donors (Lipinski definition) is 1. The van der Waals surface area contributed by atoms with Gasteiger partial charge >= 0.3 is 29.8 Å². The zero-order valence-electron chi connectivity index (χ0n) is 27.1. The van der Waals surface area contributed by atoms with Crippen molar-refractivity contribution >= 4 is 29.8 Å². The molecular formula is C34H39NO12. The summed E-state index contributed by atoms with van der Waals surface area (Å²) in [5, 5.41) is 12.4. The van der Waals surface area contributed by atoms with Crippen molar-refractivity contribution in [1.29, 1.82) is 0 Å². The average molecular weight is 654 g/mol. The summed E-state index contributed by atoms with van der Waals surface area (Å²) < 4.78 is 37.0. The van der Waals surface area contributed by atoms with E-state index in [1.54, 1.807) is 32.0 Å². The Hall–Kier alpha value is -4.36. The lowest BCUT2D eigenvalue weighted by Gasteiger charge is -2.65. The second-order valence-electron chi connectivity index (χ2n) is 13.0. The van der Waals surface area contributed by atoms with Gasteiger partial charge in [0, 0.05) is 33.2 Å². The van der Waals surface area contributed by atoms with Crippen LogP contribution >= 0.6 is 0 Å². The number of benzene rings is 1. The highest BCUT2D eigenvalue weighted by Crippen LogP contribution is 2.69. The van der Waals surface area contributed by atoms with Crippen LogP contribution in [0.4, 0.5) is 0 Å². The van der Waals surface area contributed by atoms with Gasteiger partial charge in [0.1, 0.15) is 30.3 Å². The molecule has 5 rings (SSSR count). The van der Waals surface area contributed by atoms with Gasteiger partial charge in [-0.1, -0.05) is 18.2 Å². The van der Waals surface area contributed by atoms with Gasteiger partial charge in [-0.05, 0) is 57.9 Å². The van der Waals surface area contributed by atoms with E-state index in [-0.39, 0.29) is 24.0 Å². The molecule has 3 aliphatic rings. The van der Waals surface area contributed by atoms with Gasteiger partial charge in [0.05, 0.1) is 28.2 Å². The lowest BCUT2D eigenvalue weighted by atomic mass is 9.46. The average Bonchev–Trinajstić information content (AvgIpc) is 3.20. The molecule has 0 unspecified atom stereocenters. The number of aromatic nitrogens is 1. The number of aliphatic hydroxyl groups is 1. The number of ether oxygens (including phenoxy) is 6. The van der Waals surface area contributed by atoms with E-state index in [2.05, 4.69) is 4.98 Å². The number of hydrogen-bond acceptors (Lipinski definition) is 13. The summed E-state index contributed by atoms with van der Waals surface area (Å²) in [6.07, 6.45) is -2.99. The first kappa shape index (κ1) is 34.0. The smallest absolute Gasteiger partial charge is 0.340 e. The molecule has 0 amide bonds. The minimum Gasteiger partial charge on any atom is -0.465 e. The standard InChI is InChI=1S/C34H39NO12/c1-19(36)42-18-33-24(43-20(2)37)14-15-32(6,41)34(33)27(44-21(3)38)25(31(4,5)47-34)26(45-29(39)22-11-8-7-9-12-22)28(33)46-30(40)23-13-10-16-35-17-23/h7-13,16-17,24-28,41H,14-15,18H2,1-6H3/t24-,25+,26-,27+,28+,32-,33-,34+/m0/s1. The van der Waals surface area contributed by atoms with Crippen LogP contribution < -0.4 is 0 Å². The van der Waals surface area contributed by atoms with Crippen LogP contribution in [0.2, 0.25) is 0 Å². The molecule has 252 valence electrons. The molecule has 1 N–H and O–H groups in total. The molecule has 0 radical (unpaired) electrons. The van der Waals surface area contributed by atoms with Crippen LogP contribution in [0.1, 0.15) is 75.1 Å². The monoisotopic (exact) mass is 653 g/mol. The number of carbonyl (C=O) groups is 5. The summed E-state index contributed by atoms with van der Waals surface area (Å²) in [5.41, 5.74) is -7.05. The number of esters is 5. The molecule has 8 atom stereocenters. The second-order valence-corrected chi connectivity index (χ2v) is 13.0. The second kappa shape index (κ2) is 12.3. The van der Waals surface area contributed by atoms with E-state index in [1.807, 2.05) is 0 Å². The van der Waals surface area contributed by atoms with Crippen molar-refractivity contribution in [2.45, 2.75) is 95.6 Å². The van der Waals surface area contributed by atoms with Crippen molar-refractivity contribution in [3.63, 3.8) is 0 Å². The summed E-state index contributed by atoms with van der Waals surface area (Å²) in [5.74, 6) is -4.97. The van der Waals surface area contributed by atoms with Crippen molar-refractivity contribution in [1.82, 2.24) is 4.98 Å². The Morgan fingerprint density at radius 1 is 0.830 bits per heavy atom. The molecule has 2 saturated carbocycles. The molecule has 2 bridgehead atoms. The number of carbonyl (C=O) groups excluding carboxylic acids is 5. The Balaban J connectivity index is 1.84. The highest BCUT2D eigenvalue weighted by molar-refractivity contribution is 5.90. The van der Waals surface area contributed by atoms with E-state index in [9.17, 15) is 29.1 Å². The normalized spacial score (nSPS) is 33.5. The van der Waals surface area contributed by atoms with Crippen LogP contribution in [-0.4, -0.2) is 87.8 Å². The Bertz CT molecular complexity index is 1540. The molecule has 1 saturated heterocycles. The van der Waals surface area contributed by atoms with E-state index >= 15 is 0 Å². The van der Waals surface area contributed by atoms with Gasteiger partial charge in [-0.3, -0.25) is 19.4 Å². The molecule has 13 heteroatoms. The first-order valence-electron chi connectivity index (χ1n) is 15.3. The fourth-order valence-corrected chi connectivity index (χ4v) is 7.92. The van der Waals surface area contributed by atoms with Crippen molar-refractivity contribution in [2.75, 3.05) is 6.61 Å². The van der Waals surface area contributed by atoms with Gasteiger partial charge in [0.2, 0.25) is 0 Å². The molecule has 1 aromatic heterocycles. The van der Waals surface area contributed by atoms with Crippen LogP contribution in [0.5, 0.6) is 0 Å². The quantitative estimate of drug-likeness (QED) is 0.326. The van der Waals surface area contributed by atoms with Crippen LogP contribution in [0.15, 0.2) is 54.9 Å². The highest BCUT2D eigenvalue weighted by atomic mass is 16.6. The lowest BCUT2D eigenvalue weighted by Crippen LogP contribution is -2.83. The molecule has 13 nitrogen and oxygen atoms in total. The molecule has 1 aromatic carbocycles. The summed E-state index contributed by atoms with van der Waals surface area (Å²) in [7, 11) is 0. The van der Waals surface area contributed by atoms with Crippen LogP contribution in [0.25, 0.3) is 0 Å². The van der Waals surface area contributed by atoms with E-state index in [1.165, 1.54) is 57.4 Å². The molecule has 1 spiro atoms. The van der Waals surface area contributed by atoms with Gasteiger partial charge in [-0.25, -0.2) is 9.59 Å². The number of rotatable bonds is 8. The maximum absolute atomic E-state index is 13.9. The van der Waals surface area contributed by atoms with Gasteiger partial charge < -0.3 is 33.5 Å². The first-order valence-corrected chi connectivity index (χ1v) is 15.3. The predicted octanol–water partition coefficient (Wildman–Crippen LogP) is 2.97. The molecule has 3 fully saturated rings. The lowest BCUT2D eigenvalue weighted by molar-refractivity contribution is -0.348. The van der Waals surface area contributed by atoms with E-state index in [4.69, 9.17) is 28.4 Å². The minimum absolute atomic E-state index is 0.0167. The SMILES string of the molecule is CC(=O)OC[C@@]12[C@@H](OC(C)=O)CC[C@](C)(O)[C@@]13OC(C)(C)[C@H]([C@H](OC(=O)c1ccccc1)[C@H]2OC(=O)c1cccnc1)[C@H]3OC(C)=O. The maximum Gasteiger partial charge on any atom is 0.340 e. The largest absolute Gasteiger partial charge is 0.465 e. The molecule has 1 aliphatic heterocycles. The fourth-order valence-electron chi connectivity index (χ4n) is 7.92. The molecule has 2 heterocycles. The van der Waals surface area contributed by atoms with Gasteiger partial charge in [-0.2, -0.15) is 0 Å². The predicted molar refractivity (Wildman–Crippen MR) is 161 cm³/mol. The zero-order chi connectivity index (χ0) is 34.4. The van der Waals surface area contributed by atoms with Gasteiger partial charge in [-0.15, -0.1) is 0 Å². The third-order valence-corrected chi connectivity index (χ3v) is 9.57. The topological polar surface area (TPSA) is 174 Å². The van der Waals surface area contributed by atoms with Crippen molar-refractivity contribution in [2.24, 2.45) is 11.3 Å². The number of fused-ring (bicyclic) bond motifs is 1. The Morgan fingerprint density at radius 2 is 1.47 bits per heavy atom. The third kappa shape index (κ3) is 5.65. The van der Waals surface area contributed by atoms with E-state index < -0.39 is 89.0 Å². The van der Waals surface area contributed by atoms with E-state index in [0.29, 0.717) is 0 Å². The van der Waals surface area contributed by atoms with Gasteiger partial charge in [0.25, 0.3) is 0 Å². The Morgan fingerprint density at radius 3 is 2.06 bits per heavy atom. The zero-order valence-corrected chi connectivity index (χ0v) is 27.1. The molecule has 2 aromatic rings. The van der Waals surface area contributed by atoms with Crippen molar-refractivity contribution < 1.29 is 57.5 Å². The minimum atomic E-state index is -2.04. The number of nitrogens with zero attached hydrogens (tertiary/aromatic N) is 1. The maximum atomic E-state index is 13.9. The molecule has 47 heavy (non-hydrogen) atoms. The van der Waals surface area contributed by atoms with Crippen LogP contribution in [0, 0.1) is 11.3 Å². The van der Waals surface area contributed by atoms with Crippen molar-refractivity contribution in [3.8, 4) is 0 Å². The van der Waals surface area contributed by atoms with Crippen molar-refractivity contribution in [3.05, 3.63) is 66.0 Å². The van der Waals surface area contributed by atoms with Gasteiger partial charge in [0.15, 0.2) is 11.7 Å². The first-order chi connectivity index (χ1) is 22.1. The summed E-state index contributed by atoms with van der Waals surface area (Å²) in [6, 6.07) is 11.1. The Labute approximate surface area is 271 Å². The van der Waals surface area contributed by atoms with E-state index in [0.717, 1.165) is 6.92 Å². The number of pyridine rings is 1. The highest BCUT2D eigenvalue weighted by Gasteiger charge is 2.87. The summed E-state index contributed by atoms with van der Waals surface area (Å²) in [4.78, 5) is 69.7. The summed E-state index contributed by atoms with van der Waals surface area (Å²) in [6.45, 7) is 7.67.